The Hall–Kier alpha value is -2.93. The van der Waals surface area contributed by atoms with E-state index in [-0.39, 0.29) is 5.91 Å². The van der Waals surface area contributed by atoms with Crippen molar-refractivity contribution in [3.8, 4) is 0 Å². The number of nitrogens with zero attached hydrogens (tertiary/aromatic N) is 3. The first-order chi connectivity index (χ1) is 13.6. The Balaban J connectivity index is 1.54. The van der Waals surface area contributed by atoms with Gasteiger partial charge >= 0.3 is 0 Å². The van der Waals surface area contributed by atoms with Gasteiger partial charge in [0, 0.05) is 37.7 Å². The number of carbonyl (C=O) groups is 1. The molecule has 0 aliphatic carbocycles. The van der Waals surface area contributed by atoms with Crippen molar-refractivity contribution in [1.82, 2.24) is 20.0 Å². The van der Waals surface area contributed by atoms with Gasteiger partial charge in [0.25, 0.3) is 0 Å². The minimum Gasteiger partial charge on any atom is -0.361 e. The third-order valence-corrected chi connectivity index (χ3v) is 4.71. The van der Waals surface area contributed by atoms with Crippen molar-refractivity contribution >= 4 is 5.91 Å². The molecule has 28 heavy (non-hydrogen) atoms. The number of rotatable bonds is 9. The van der Waals surface area contributed by atoms with Crippen molar-refractivity contribution in [2.24, 2.45) is 5.73 Å². The van der Waals surface area contributed by atoms with Crippen molar-refractivity contribution in [3.05, 3.63) is 71.1 Å². The van der Waals surface area contributed by atoms with Crippen LogP contribution in [0.25, 0.3) is 0 Å². The highest BCUT2D eigenvalue weighted by molar-refractivity contribution is 5.81. The maximum atomic E-state index is 12.4. The molecule has 0 saturated carbocycles. The number of nitrogens with one attached hydrogen (secondary N) is 1. The van der Waals surface area contributed by atoms with Gasteiger partial charge in [0.05, 0.1) is 23.8 Å². The standard InChI is InChI=1S/C21H27N5O2/c1-3-19-17(20(4-2)28-25-19)11-23-21(27)18(22)10-16-13-26(14-24-16)12-15-8-6-5-7-9-15/h5-9,13-14,18H,3-4,10-12,22H2,1-2H3,(H,23,27)/t18-/m0/s1. The summed E-state index contributed by atoms with van der Waals surface area (Å²) in [6, 6.07) is 9.49. The molecule has 1 amide bonds. The Bertz CT molecular complexity index is 879. The van der Waals surface area contributed by atoms with Gasteiger partial charge in [-0.15, -0.1) is 0 Å². The highest BCUT2D eigenvalue weighted by atomic mass is 16.5. The van der Waals surface area contributed by atoms with Gasteiger partial charge in [-0.2, -0.15) is 0 Å². The molecule has 3 rings (SSSR count). The van der Waals surface area contributed by atoms with Crippen LogP contribution in [0.2, 0.25) is 0 Å². The molecular weight excluding hydrogens is 354 g/mol. The number of amides is 1. The molecule has 0 spiro atoms. The van der Waals surface area contributed by atoms with Crippen molar-refractivity contribution < 1.29 is 9.32 Å². The molecule has 3 N–H and O–H groups in total. The first kappa shape index (κ1) is 19.8. The van der Waals surface area contributed by atoms with Crippen molar-refractivity contribution in [3.63, 3.8) is 0 Å². The van der Waals surface area contributed by atoms with Crippen molar-refractivity contribution in [2.75, 3.05) is 0 Å². The minimum atomic E-state index is -0.657. The Morgan fingerprint density at radius 1 is 1.25 bits per heavy atom. The van der Waals surface area contributed by atoms with E-state index in [1.165, 1.54) is 5.56 Å². The number of benzene rings is 1. The Morgan fingerprint density at radius 2 is 2.04 bits per heavy atom. The molecule has 0 fully saturated rings. The summed E-state index contributed by atoms with van der Waals surface area (Å²) in [6.45, 7) is 5.14. The van der Waals surface area contributed by atoms with Crippen LogP contribution in [0.3, 0.4) is 0 Å². The van der Waals surface area contributed by atoms with Crippen LogP contribution in [0.15, 0.2) is 47.4 Å². The van der Waals surface area contributed by atoms with E-state index in [2.05, 4.69) is 27.6 Å². The molecule has 7 nitrogen and oxygen atoms in total. The number of nitrogens with two attached hydrogens (primary N) is 1. The molecule has 2 aromatic heterocycles. The first-order valence-electron chi connectivity index (χ1n) is 9.64. The van der Waals surface area contributed by atoms with E-state index in [1.54, 1.807) is 6.33 Å². The molecule has 0 aliphatic rings. The highest BCUT2D eigenvalue weighted by Gasteiger charge is 2.18. The number of hydrogen-bond acceptors (Lipinski definition) is 5. The van der Waals surface area contributed by atoms with E-state index < -0.39 is 6.04 Å². The van der Waals surface area contributed by atoms with E-state index >= 15 is 0 Å². The summed E-state index contributed by atoms with van der Waals surface area (Å²) >= 11 is 0. The van der Waals surface area contributed by atoms with E-state index in [9.17, 15) is 4.79 Å². The van der Waals surface area contributed by atoms with Gasteiger partial charge in [-0.3, -0.25) is 4.79 Å². The van der Waals surface area contributed by atoms with E-state index in [0.717, 1.165) is 42.1 Å². The van der Waals surface area contributed by atoms with Gasteiger partial charge in [0.2, 0.25) is 5.91 Å². The topological polar surface area (TPSA) is 99.0 Å². The fourth-order valence-corrected chi connectivity index (χ4v) is 3.15. The minimum absolute atomic E-state index is 0.206. The lowest BCUT2D eigenvalue weighted by Gasteiger charge is -2.11. The van der Waals surface area contributed by atoms with Crippen LogP contribution in [0, 0.1) is 0 Å². The molecule has 0 radical (unpaired) electrons. The fourth-order valence-electron chi connectivity index (χ4n) is 3.15. The van der Waals surface area contributed by atoms with Crippen LogP contribution < -0.4 is 11.1 Å². The van der Waals surface area contributed by atoms with Crippen molar-refractivity contribution in [2.45, 2.75) is 52.2 Å². The van der Waals surface area contributed by atoms with Crippen molar-refractivity contribution in [1.29, 1.82) is 0 Å². The molecular formula is C21H27N5O2. The van der Waals surface area contributed by atoms with Gasteiger partial charge in [-0.05, 0) is 12.0 Å². The summed E-state index contributed by atoms with van der Waals surface area (Å²) in [4.78, 5) is 16.8. The average molecular weight is 381 g/mol. The summed E-state index contributed by atoms with van der Waals surface area (Å²) in [5.41, 5.74) is 9.92. The average Bonchev–Trinajstić information content (AvgIpc) is 3.32. The highest BCUT2D eigenvalue weighted by Crippen LogP contribution is 2.15. The van der Waals surface area contributed by atoms with Crippen LogP contribution in [0.4, 0.5) is 0 Å². The number of aromatic nitrogens is 3. The summed E-state index contributed by atoms with van der Waals surface area (Å²) in [6.07, 6.45) is 5.59. The third-order valence-electron chi connectivity index (χ3n) is 4.71. The lowest BCUT2D eigenvalue weighted by atomic mass is 10.1. The van der Waals surface area contributed by atoms with E-state index in [1.807, 2.05) is 42.8 Å². The summed E-state index contributed by atoms with van der Waals surface area (Å²) in [5, 5.41) is 6.97. The second kappa shape index (κ2) is 9.32. The molecule has 0 aliphatic heterocycles. The van der Waals surface area contributed by atoms with Gasteiger partial charge in [0.1, 0.15) is 5.76 Å². The molecule has 2 heterocycles. The van der Waals surface area contributed by atoms with Crippen LogP contribution >= 0.6 is 0 Å². The quantitative estimate of drug-likeness (QED) is 0.592. The first-order valence-corrected chi connectivity index (χ1v) is 9.64. The smallest absolute Gasteiger partial charge is 0.237 e. The Morgan fingerprint density at radius 3 is 2.75 bits per heavy atom. The van der Waals surface area contributed by atoms with Crippen LogP contribution in [-0.2, 0) is 37.1 Å². The Labute approximate surface area is 164 Å². The monoisotopic (exact) mass is 381 g/mol. The number of carbonyl (C=O) groups excluding carboxylic acids is 1. The Kier molecular flexibility index (Phi) is 6.60. The largest absolute Gasteiger partial charge is 0.361 e. The van der Waals surface area contributed by atoms with Crippen LogP contribution in [0.5, 0.6) is 0 Å². The molecule has 1 aromatic carbocycles. The lowest BCUT2D eigenvalue weighted by molar-refractivity contribution is -0.122. The van der Waals surface area contributed by atoms with Crippen LogP contribution in [0.1, 0.15) is 42.1 Å². The fraction of sp³-hybridized carbons (Fsp3) is 0.381. The van der Waals surface area contributed by atoms with Gasteiger partial charge in [-0.1, -0.05) is 49.3 Å². The number of hydrogen-bond donors (Lipinski definition) is 2. The van der Waals surface area contributed by atoms with Crippen LogP contribution in [-0.4, -0.2) is 26.7 Å². The molecule has 0 saturated heterocycles. The molecule has 0 unspecified atom stereocenters. The molecule has 7 heteroatoms. The lowest BCUT2D eigenvalue weighted by Crippen LogP contribution is -2.41. The summed E-state index contributed by atoms with van der Waals surface area (Å²) < 4.78 is 7.32. The molecule has 0 bridgehead atoms. The number of imidazole rings is 1. The second-order valence-corrected chi connectivity index (χ2v) is 6.79. The van der Waals surface area contributed by atoms with Gasteiger partial charge in [-0.25, -0.2) is 4.98 Å². The van der Waals surface area contributed by atoms with Gasteiger partial charge < -0.3 is 20.1 Å². The SMILES string of the molecule is CCc1noc(CC)c1CNC(=O)[C@@H](N)Cc1cn(Cc2ccccc2)cn1. The maximum Gasteiger partial charge on any atom is 0.237 e. The zero-order valence-corrected chi connectivity index (χ0v) is 16.4. The normalized spacial score (nSPS) is 12.1. The summed E-state index contributed by atoms with van der Waals surface area (Å²) in [5.74, 6) is 0.605. The predicted octanol–water partition coefficient (Wildman–Crippen LogP) is 2.23. The van der Waals surface area contributed by atoms with E-state index in [0.29, 0.717) is 13.0 Å². The number of aryl methyl sites for hydroxylation is 2. The second-order valence-electron chi connectivity index (χ2n) is 6.79. The maximum absolute atomic E-state index is 12.4. The predicted molar refractivity (Wildman–Crippen MR) is 107 cm³/mol. The molecule has 148 valence electrons. The summed E-state index contributed by atoms with van der Waals surface area (Å²) in [7, 11) is 0. The third kappa shape index (κ3) is 4.86. The molecule has 1 atom stereocenters. The van der Waals surface area contributed by atoms with E-state index in [4.69, 9.17) is 10.3 Å². The molecule has 3 aromatic rings. The zero-order valence-electron chi connectivity index (χ0n) is 16.4. The van der Waals surface area contributed by atoms with Gasteiger partial charge in [0.15, 0.2) is 0 Å². The zero-order chi connectivity index (χ0) is 19.9.